The van der Waals surface area contributed by atoms with Crippen molar-refractivity contribution in [2.24, 2.45) is 0 Å². The molecule has 1 aromatic heterocycles. The van der Waals surface area contributed by atoms with E-state index in [1.54, 1.807) is 0 Å². The highest BCUT2D eigenvalue weighted by Gasteiger charge is 1.79. The molecule has 2 heteroatoms. The highest BCUT2D eigenvalue weighted by atomic mass is 19.1. The molecule has 0 atom stereocenters. The van der Waals surface area contributed by atoms with Crippen LogP contribution in [0.25, 0.3) is 0 Å². The summed E-state index contributed by atoms with van der Waals surface area (Å²) in [6.45, 7) is 0. The number of aromatic nitrogens is 1. The van der Waals surface area contributed by atoms with E-state index in [1.165, 1.54) is 0 Å². The van der Waals surface area contributed by atoms with Crippen LogP contribution in [0.5, 0.6) is 0 Å². The lowest BCUT2D eigenvalue weighted by atomic mass is 10.5. The summed E-state index contributed by atoms with van der Waals surface area (Å²) < 4.78 is 11.8. The van der Waals surface area contributed by atoms with Gasteiger partial charge in [-0.15, -0.1) is 0 Å². The number of hydrogen-bond donors (Lipinski definition) is 0. The summed E-state index contributed by atoms with van der Waals surface area (Å²) in [5.74, 6) is -0.352. The lowest BCUT2D eigenvalue weighted by Crippen LogP contribution is -1.71. The van der Waals surface area contributed by atoms with Crippen LogP contribution in [0.2, 0.25) is 0 Å². The van der Waals surface area contributed by atoms with Crippen molar-refractivity contribution < 1.29 is 4.39 Å². The normalized spacial score (nSPS) is 8.71. The van der Waals surface area contributed by atoms with Crippen LogP contribution in [-0.4, -0.2) is 4.98 Å². The molecule has 1 rings (SSSR count). The number of pyridine rings is 1. The Morgan fingerprint density at radius 3 is 2.29 bits per heavy atom. The van der Waals surface area contributed by atoms with Gasteiger partial charge in [-0.1, -0.05) is 0 Å². The maximum absolute atomic E-state index is 11.8. The largest absolute Gasteiger partial charge is 0.244 e. The summed E-state index contributed by atoms with van der Waals surface area (Å²) in [6, 6.07) is 2.30. The molecule has 0 aliphatic carbocycles. The van der Waals surface area contributed by atoms with Crippen LogP contribution in [0.1, 0.15) is 0 Å². The predicted molar refractivity (Wildman–Crippen MR) is 21.9 cm³/mol. The predicted octanol–water partition coefficient (Wildman–Crippen LogP) is 0.821. The average molecular weight is 95.1 g/mol. The quantitative estimate of drug-likeness (QED) is 0.465. The maximum atomic E-state index is 11.8. The van der Waals surface area contributed by atoms with Crippen molar-refractivity contribution in [3.05, 3.63) is 30.3 Å². The molecule has 1 aromatic rings. The SMILES string of the molecule is Fc1c[c]n[c]c1. The van der Waals surface area contributed by atoms with Gasteiger partial charge < -0.3 is 0 Å². The highest BCUT2D eigenvalue weighted by molar-refractivity contribution is 4.90. The summed E-state index contributed by atoms with van der Waals surface area (Å²) in [5.41, 5.74) is 0. The van der Waals surface area contributed by atoms with Crippen LogP contribution < -0.4 is 0 Å². The molecular weight excluding hydrogens is 93.1 g/mol. The smallest absolute Gasteiger partial charge is 0.127 e. The molecule has 0 saturated carbocycles. The number of nitrogens with zero attached hydrogens (tertiary/aromatic N) is 1. The molecule has 2 radical (unpaired) electrons. The molecule has 7 heavy (non-hydrogen) atoms. The van der Waals surface area contributed by atoms with Gasteiger partial charge in [-0.3, -0.25) is 0 Å². The number of hydrogen-bond acceptors (Lipinski definition) is 1. The Morgan fingerprint density at radius 1 is 1.43 bits per heavy atom. The van der Waals surface area contributed by atoms with Crippen LogP contribution >= 0.6 is 0 Å². The van der Waals surface area contributed by atoms with Gasteiger partial charge in [0.25, 0.3) is 0 Å². The third-order valence-electron chi connectivity index (χ3n) is 0.534. The zero-order chi connectivity index (χ0) is 5.11. The fourth-order valence-electron chi connectivity index (χ4n) is 0.267. The first-order valence-electron chi connectivity index (χ1n) is 1.79. The van der Waals surface area contributed by atoms with Gasteiger partial charge in [-0.2, -0.15) is 0 Å². The second-order valence-corrected chi connectivity index (χ2v) is 1.04. The zero-order valence-corrected chi connectivity index (χ0v) is 3.48. The minimum absolute atomic E-state index is 0.352. The lowest BCUT2D eigenvalue weighted by molar-refractivity contribution is 0.624. The first-order valence-corrected chi connectivity index (χ1v) is 1.79. The van der Waals surface area contributed by atoms with Gasteiger partial charge in [0.2, 0.25) is 0 Å². The van der Waals surface area contributed by atoms with Crippen LogP contribution in [0.3, 0.4) is 0 Å². The molecule has 1 heterocycles. The van der Waals surface area contributed by atoms with E-state index in [0.717, 1.165) is 12.1 Å². The second kappa shape index (κ2) is 1.69. The highest BCUT2D eigenvalue weighted by Crippen LogP contribution is 1.87. The minimum atomic E-state index is -0.352. The third-order valence-corrected chi connectivity index (χ3v) is 0.534. The Balaban J connectivity index is 3.02. The van der Waals surface area contributed by atoms with Gasteiger partial charge in [-0.05, 0) is 0 Å². The molecule has 0 unspecified atom stereocenters. The fraction of sp³-hybridized carbons (Fsp3) is 0. The Bertz CT molecular complexity index is 138. The van der Waals surface area contributed by atoms with Crippen LogP contribution in [-0.2, 0) is 0 Å². The number of halogens is 1. The van der Waals surface area contributed by atoms with E-state index in [0.29, 0.717) is 0 Å². The van der Waals surface area contributed by atoms with Gasteiger partial charge in [0, 0.05) is 12.1 Å². The summed E-state index contributed by atoms with van der Waals surface area (Å²) >= 11 is 0. The topological polar surface area (TPSA) is 12.9 Å². The lowest BCUT2D eigenvalue weighted by Gasteiger charge is -1.76. The van der Waals surface area contributed by atoms with Gasteiger partial charge in [-0.25, -0.2) is 9.37 Å². The average Bonchev–Trinajstić information content (AvgIpc) is 1.69. The van der Waals surface area contributed by atoms with Crippen molar-refractivity contribution >= 4 is 0 Å². The monoisotopic (exact) mass is 95.0 g/mol. The van der Waals surface area contributed by atoms with E-state index in [1.807, 2.05) is 0 Å². The molecule has 34 valence electrons. The summed E-state index contributed by atoms with van der Waals surface area (Å²) in [4.78, 5) is 3.36. The first kappa shape index (κ1) is 4.24. The summed E-state index contributed by atoms with van der Waals surface area (Å²) in [7, 11) is 0. The standard InChI is InChI=1S/C5H2FN/c6-5-1-3-7-4-2-5/h1-2H. The van der Waals surface area contributed by atoms with Crippen molar-refractivity contribution in [2.75, 3.05) is 0 Å². The van der Waals surface area contributed by atoms with Gasteiger partial charge in [0.05, 0.1) is 12.4 Å². The second-order valence-electron chi connectivity index (χ2n) is 1.04. The Morgan fingerprint density at radius 2 is 2.00 bits per heavy atom. The van der Waals surface area contributed by atoms with E-state index >= 15 is 0 Å². The molecule has 0 aliphatic rings. The molecule has 0 bridgehead atoms. The fourth-order valence-corrected chi connectivity index (χ4v) is 0.267. The van der Waals surface area contributed by atoms with Crippen molar-refractivity contribution in [1.29, 1.82) is 0 Å². The molecule has 0 amide bonds. The Kier molecular flexibility index (Phi) is 1.02. The summed E-state index contributed by atoms with van der Waals surface area (Å²) in [5, 5.41) is 0. The van der Waals surface area contributed by atoms with E-state index in [9.17, 15) is 4.39 Å². The van der Waals surface area contributed by atoms with E-state index in [2.05, 4.69) is 17.4 Å². The van der Waals surface area contributed by atoms with Crippen molar-refractivity contribution in [3.8, 4) is 0 Å². The minimum Gasteiger partial charge on any atom is -0.244 e. The third kappa shape index (κ3) is 0.961. The van der Waals surface area contributed by atoms with E-state index < -0.39 is 0 Å². The van der Waals surface area contributed by atoms with Gasteiger partial charge >= 0.3 is 0 Å². The Hall–Kier alpha value is -0.920. The van der Waals surface area contributed by atoms with Gasteiger partial charge in [0.15, 0.2) is 0 Å². The zero-order valence-electron chi connectivity index (χ0n) is 3.48. The molecule has 0 fully saturated rings. The molecule has 0 aromatic carbocycles. The van der Waals surface area contributed by atoms with Crippen molar-refractivity contribution in [1.82, 2.24) is 4.98 Å². The molecular formula is C5H2FN. The summed E-state index contributed by atoms with van der Waals surface area (Å²) in [6.07, 6.45) is 4.56. The number of rotatable bonds is 0. The maximum Gasteiger partial charge on any atom is 0.127 e. The van der Waals surface area contributed by atoms with Crippen LogP contribution in [0.4, 0.5) is 4.39 Å². The molecule has 0 spiro atoms. The van der Waals surface area contributed by atoms with E-state index in [-0.39, 0.29) is 5.82 Å². The molecule has 0 N–H and O–H groups in total. The van der Waals surface area contributed by atoms with Gasteiger partial charge in [0.1, 0.15) is 5.82 Å². The van der Waals surface area contributed by atoms with Crippen LogP contribution in [0, 0.1) is 18.2 Å². The van der Waals surface area contributed by atoms with Crippen LogP contribution in [0.15, 0.2) is 12.1 Å². The van der Waals surface area contributed by atoms with Crippen molar-refractivity contribution in [3.63, 3.8) is 0 Å². The van der Waals surface area contributed by atoms with E-state index in [4.69, 9.17) is 0 Å². The Labute approximate surface area is 40.8 Å². The van der Waals surface area contributed by atoms with Crippen molar-refractivity contribution in [2.45, 2.75) is 0 Å². The molecule has 0 aliphatic heterocycles. The molecule has 1 nitrogen and oxygen atoms in total. The molecule has 0 saturated heterocycles. The first-order chi connectivity index (χ1) is 3.39.